The van der Waals surface area contributed by atoms with E-state index in [1.54, 1.807) is 30.3 Å². The number of rotatable bonds is 7. The van der Waals surface area contributed by atoms with Gasteiger partial charge in [0.2, 0.25) is 0 Å². The van der Waals surface area contributed by atoms with Crippen molar-refractivity contribution in [3.63, 3.8) is 0 Å². The van der Waals surface area contributed by atoms with Gasteiger partial charge in [0, 0.05) is 19.9 Å². The molecule has 0 bridgehead atoms. The predicted octanol–water partition coefficient (Wildman–Crippen LogP) is 3.41. The van der Waals surface area contributed by atoms with Crippen LogP contribution < -0.4 is 0 Å². The Morgan fingerprint density at radius 3 is 1.93 bits per heavy atom. The Labute approximate surface area is 159 Å². The smallest absolute Gasteiger partial charge is 0.303 e. The zero-order chi connectivity index (χ0) is 20.8. The first kappa shape index (κ1) is 20.5. The number of esters is 2. The third-order valence-electron chi connectivity index (χ3n) is 3.72. The van der Waals surface area contributed by atoms with Gasteiger partial charge in [-0.3, -0.25) is 29.8 Å². The number of nitro groups is 2. The summed E-state index contributed by atoms with van der Waals surface area (Å²) in [6.07, 6.45) is -2.58. The molecule has 2 atom stereocenters. The first-order chi connectivity index (χ1) is 13.2. The largest absolute Gasteiger partial charge is 0.453 e. The second-order valence-electron chi connectivity index (χ2n) is 5.73. The van der Waals surface area contributed by atoms with E-state index >= 15 is 0 Å². The highest BCUT2D eigenvalue weighted by atomic mass is 16.6. The van der Waals surface area contributed by atoms with Gasteiger partial charge in [-0.15, -0.1) is 0 Å². The van der Waals surface area contributed by atoms with Crippen LogP contribution in [-0.2, 0) is 19.1 Å². The van der Waals surface area contributed by atoms with E-state index in [2.05, 4.69) is 0 Å². The molecule has 2 aromatic rings. The highest BCUT2D eigenvalue weighted by molar-refractivity contribution is 5.68. The highest BCUT2D eigenvalue weighted by Crippen LogP contribution is 2.40. The molecule has 28 heavy (non-hydrogen) atoms. The van der Waals surface area contributed by atoms with Crippen LogP contribution in [0.1, 0.15) is 37.2 Å². The first-order valence-electron chi connectivity index (χ1n) is 8.02. The van der Waals surface area contributed by atoms with E-state index in [1.807, 2.05) is 0 Å². The summed E-state index contributed by atoms with van der Waals surface area (Å²) in [6, 6.07) is 11.1. The van der Waals surface area contributed by atoms with Crippen LogP contribution in [0.2, 0.25) is 0 Å². The molecule has 0 aliphatic heterocycles. The molecule has 0 heterocycles. The van der Waals surface area contributed by atoms with Gasteiger partial charge in [-0.25, -0.2) is 0 Å². The average molecular weight is 388 g/mol. The summed E-state index contributed by atoms with van der Waals surface area (Å²) in [5.41, 5.74) is -0.841. The van der Waals surface area contributed by atoms with Crippen LogP contribution in [-0.4, -0.2) is 21.8 Å². The number of hydrogen-bond acceptors (Lipinski definition) is 8. The molecule has 2 aromatic carbocycles. The lowest BCUT2D eigenvalue weighted by atomic mass is 9.96. The van der Waals surface area contributed by atoms with Crippen molar-refractivity contribution in [1.29, 1.82) is 0 Å². The van der Waals surface area contributed by atoms with Crippen LogP contribution >= 0.6 is 0 Å². The van der Waals surface area contributed by atoms with E-state index in [1.165, 1.54) is 0 Å². The summed E-state index contributed by atoms with van der Waals surface area (Å²) >= 11 is 0. The zero-order valence-corrected chi connectivity index (χ0v) is 14.9. The molecule has 0 spiro atoms. The van der Waals surface area contributed by atoms with Crippen molar-refractivity contribution in [3.8, 4) is 0 Å². The monoisotopic (exact) mass is 388 g/mol. The summed E-state index contributed by atoms with van der Waals surface area (Å²) in [5.74, 6) is -1.47. The molecule has 0 aromatic heterocycles. The number of carbonyl (C=O) groups excluding carboxylic acids is 2. The van der Waals surface area contributed by atoms with E-state index in [-0.39, 0.29) is 5.56 Å². The van der Waals surface area contributed by atoms with Gasteiger partial charge < -0.3 is 9.47 Å². The van der Waals surface area contributed by atoms with E-state index in [9.17, 15) is 29.8 Å². The maximum atomic E-state index is 11.7. The standard InChI is InChI=1S/C18H16N2O8/c1-11(21)27-17(13-6-4-3-5-7-13)18(28-12(2)22)15-9-8-14(19(23)24)10-16(15)20(25)26/h3-10,17-18H,1-2H3/t17-,18+/m0/s1. The maximum Gasteiger partial charge on any atom is 0.303 e. The molecule has 0 aliphatic rings. The average Bonchev–Trinajstić information content (AvgIpc) is 2.64. The molecule has 0 saturated carbocycles. The SMILES string of the molecule is CC(=O)O[C@H](c1ccc([N+](=O)[O-])cc1[N+](=O)[O-])[C@@H](OC(C)=O)c1ccccc1. The van der Waals surface area contributed by atoms with Crippen molar-refractivity contribution in [2.24, 2.45) is 0 Å². The fraction of sp³-hybridized carbons (Fsp3) is 0.222. The Hall–Kier alpha value is -3.82. The number of non-ortho nitro benzene ring substituents is 1. The molecule has 0 radical (unpaired) electrons. The quantitative estimate of drug-likeness (QED) is 0.399. The number of carbonyl (C=O) groups is 2. The Kier molecular flexibility index (Phi) is 6.38. The van der Waals surface area contributed by atoms with Crippen LogP contribution in [0.5, 0.6) is 0 Å². The van der Waals surface area contributed by atoms with Crippen LogP contribution in [0.4, 0.5) is 11.4 Å². The molecular weight excluding hydrogens is 372 g/mol. The number of nitro benzene ring substituents is 2. The van der Waals surface area contributed by atoms with Crippen LogP contribution in [0, 0.1) is 20.2 Å². The van der Waals surface area contributed by atoms with E-state index in [4.69, 9.17) is 9.47 Å². The molecule has 0 unspecified atom stereocenters. The molecule has 0 amide bonds. The number of hydrogen-bond donors (Lipinski definition) is 0. The third-order valence-corrected chi connectivity index (χ3v) is 3.72. The third kappa shape index (κ3) is 4.87. The van der Waals surface area contributed by atoms with Gasteiger partial charge in [0.1, 0.15) is 0 Å². The fourth-order valence-corrected chi connectivity index (χ4v) is 2.64. The van der Waals surface area contributed by atoms with Crippen LogP contribution in [0.3, 0.4) is 0 Å². The van der Waals surface area contributed by atoms with Gasteiger partial charge in [-0.05, 0) is 11.6 Å². The molecule has 0 saturated heterocycles. The predicted molar refractivity (Wildman–Crippen MR) is 95.2 cm³/mol. The summed E-state index contributed by atoms with van der Waals surface area (Å²) < 4.78 is 10.5. The zero-order valence-electron chi connectivity index (χ0n) is 14.9. The number of benzene rings is 2. The van der Waals surface area contributed by atoms with Gasteiger partial charge in [0.05, 0.1) is 21.5 Å². The van der Waals surface area contributed by atoms with Gasteiger partial charge in [-0.1, -0.05) is 30.3 Å². The minimum atomic E-state index is -1.38. The van der Waals surface area contributed by atoms with Crippen molar-refractivity contribution < 1.29 is 28.9 Å². The van der Waals surface area contributed by atoms with E-state index in [0.717, 1.165) is 32.0 Å². The second kappa shape index (κ2) is 8.71. The Bertz CT molecular complexity index is 913. The first-order valence-corrected chi connectivity index (χ1v) is 8.02. The van der Waals surface area contributed by atoms with E-state index in [0.29, 0.717) is 5.56 Å². The number of ether oxygens (including phenoxy) is 2. The van der Waals surface area contributed by atoms with Crippen LogP contribution in [0.15, 0.2) is 48.5 Å². The summed E-state index contributed by atoms with van der Waals surface area (Å²) in [4.78, 5) is 44.2. The van der Waals surface area contributed by atoms with Gasteiger partial charge in [0.15, 0.2) is 12.2 Å². The molecule has 0 fully saturated rings. The van der Waals surface area contributed by atoms with Crippen molar-refractivity contribution in [3.05, 3.63) is 79.9 Å². The molecule has 146 valence electrons. The Morgan fingerprint density at radius 2 is 1.43 bits per heavy atom. The molecule has 10 heteroatoms. The number of nitrogens with zero attached hydrogens (tertiary/aromatic N) is 2. The van der Waals surface area contributed by atoms with E-state index < -0.39 is 45.4 Å². The summed E-state index contributed by atoms with van der Waals surface area (Å²) in [6.45, 7) is 2.24. The van der Waals surface area contributed by atoms with Gasteiger partial charge >= 0.3 is 11.9 Å². The van der Waals surface area contributed by atoms with Crippen molar-refractivity contribution in [2.75, 3.05) is 0 Å². The lowest BCUT2D eigenvalue weighted by Gasteiger charge is -2.26. The fourth-order valence-electron chi connectivity index (χ4n) is 2.64. The molecule has 10 nitrogen and oxygen atoms in total. The molecule has 0 aliphatic carbocycles. The van der Waals surface area contributed by atoms with Gasteiger partial charge in [-0.2, -0.15) is 0 Å². The lowest BCUT2D eigenvalue weighted by molar-refractivity contribution is -0.395. The topological polar surface area (TPSA) is 139 Å². The molecule has 2 rings (SSSR count). The van der Waals surface area contributed by atoms with Crippen LogP contribution in [0.25, 0.3) is 0 Å². The van der Waals surface area contributed by atoms with Gasteiger partial charge in [0.25, 0.3) is 11.4 Å². The normalized spacial score (nSPS) is 12.5. The van der Waals surface area contributed by atoms with Crippen molar-refractivity contribution in [2.45, 2.75) is 26.1 Å². The Balaban J connectivity index is 2.67. The molecular formula is C18H16N2O8. The molecule has 0 N–H and O–H groups in total. The Morgan fingerprint density at radius 1 is 0.857 bits per heavy atom. The lowest BCUT2D eigenvalue weighted by Crippen LogP contribution is -2.22. The minimum Gasteiger partial charge on any atom is -0.453 e. The van der Waals surface area contributed by atoms with Crippen molar-refractivity contribution in [1.82, 2.24) is 0 Å². The summed E-state index contributed by atoms with van der Waals surface area (Å²) in [7, 11) is 0. The highest BCUT2D eigenvalue weighted by Gasteiger charge is 2.36. The minimum absolute atomic E-state index is 0.138. The second-order valence-corrected chi connectivity index (χ2v) is 5.73. The van der Waals surface area contributed by atoms with Crippen molar-refractivity contribution >= 4 is 23.3 Å². The summed E-state index contributed by atoms with van der Waals surface area (Å²) in [5, 5.41) is 22.5. The maximum absolute atomic E-state index is 11.7.